The van der Waals surface area contributed by atoms with Crippen molar-refractivity contribution >= 4 is 38.5 Å². The van der Waals surface area contributed by atoms with Gasteiger partial charge in [-0.1, -0.05) is 28.1 Å². The molecular weight excluding hydrogens is 400 g/mol. The summed E-state index contributed by atoms with van der Waals surface area (Å²) >= 11 is 3.41. The molecule has 0 aromatic heterocycles. The summed E-state index contributed by atoms with van der Waals surface area (Å²) in [6.07, 6.45) is 3.10. The molecule has 0 saturated carbocycles. The minimum absolute atomic E-state index is 0.0730. The highest BCUT2D eigenvalue weighted by Gasteiger charge is 2.14. The van der Waals surface area contributed by atoms with Crippen LogP contribution in [0.3, 0.4) is 0 Å². The summed E-state index contributed by atoms with van der Waals surface area (Å²) in [6.45, 7) is 1.91. The molecule has 0 saturated heterocycles. The maximum Gasteiger partial charge on any atom is 0.343 e. The zero-order valence-electron chi connectivity index (χ0n) is 15.0. The second-order valence-electron chi connectivity index (χ2n) is 5.84. The fourth-order valence-electron chi connectivity index (χ4n) is 2.61. The molecule has 0 atom stereocenters. The number of fused-ring (bicyclic) bond motifs is 1. The van der Waals surface area contributed by atoms with Crippen molar-refractivity contribution in [3.05, 3.63) is 35.9 Å². The topological polar surface area (TPSA) is 61.8 Å². The number of ketones is 1. The minimum atomic E-state index is -0.461. The van der Waals surface area contributed by atoms with Gasteiger partial charge in [-0.3, -0.25) is 4.79 Å². The van der Waals surface area contributed by atoms with Crippen LogP contribution in [0.4, 0.5) is 0 Å². The van der Waals surface area contributed by atoms with E-state index in [0.29, 0.717) is 23.7 Å². The predicted molar refractivity (Wildman–Crippen MR) is 105 cm³/mol. The van der Waals surface area contributed by atoms with E-state index in [1.165, 1.54) is 14.0 Å². The molecule has 5 nitrogen and oxygen atoms in total. The first-order chi connectivity index (χ1) is 12.6. The van der Waals surface area contributed by atoms with E-state index in [1.807, 2.05) is 18.2 Å². The molecule has 0 unspecified atom stereocenters. The maximum absolute atomic E-state index is 12.2. The number of ether oxygens (including phenoxy) is 3. The largest absolute Gasteiger partial charge is 0.493 e. The molecule has 0 bridgehead atoms. The van der Waals surface area contributed by atoms with Crippen LogP contribution in [0.5, 0.6) is 11.5 Å². The number of carbonyl (C=O) groups is 2. The standard InChI is InChI=1S/C20H23BrO5/c1-14(22)20-17-12-16(26-13-19(23)24-2)8-6-15(17)7-9-18(20)25-11-5-3-4-10-21/h6-9,12H,3-5,10-11,13H2,1-2H3. The van der Waals surface area contributed by atoms with Crippen LogP contribution in [-0.4, -0.2) is 37.4 Å². The SMILES string of the molecule is COC(=O)COc1ccc2ccc(OCCCCCBr)c(C(C)=O)c2c1. The Morgan fingerprint density at radius 2 is 1.81 bits per heavy atom. The Bertz CT molecular complexity index is 772. The maximum atomic E-state index is 12.2. The van der Waals surface area contributed by atoms with Crippen LogP contribution < -0.4 is 9.47 Å². The van der Waals surface area contributed by atoms with Crippen molar-refractivity contribution in [3.8, 4) is 11.5 Å². The molecule has 0 spiro atoms. The highest BCUT2D eigenvalue weighted by Crippen LogP contribution is 2.31. The third-order valence-corrected chi connectivity index (χ3v) is 4.49. The summed E-state index contributed by atoms with van der Waals surface area (Å²) in [5.41, 5.74) is 0.534. The van der Waals surface area contributed by atoms with Gasteiger partial charge in [-0.15, -0.1) is 0 Å². The van der Waals surface area contributed by atoms with Crippen molar-refractivity contribution in [2.45, 2.75) is 26.2 Å². The molecule has 0 aliphatic rings. The molecule has 0 aliphatic heterocycles. The normalized spacial score (nSPS) is 10.6. The number of rotatable bonds is 10. The number of Topliss-reactive ketones (excluding diaryl/α,β-unsaturated/α-hetero) is 1. The van der Waals surface area contributed by atoms with E-state index in [9.17, 15) is 9.59 Å². The Hall–Kier alpha value is -2.08. The average molecular weight is 423 g/mol. The Kier molecular flexibility index (Phi) is 7.91. The Morgan fingerprint density at radius 1 is 1.04 bits per heavy atom. The average Bonchev–Trinajstić information content (AvgIpc) is 2.64. The second kappa shape index (κ2) is 10.2. The lowest BCUT2D eigenvalue weighted by Crippen LogP contribution is -2.12. The van der Waals surface area contributed by atoms with Crippen LogP contribution in [0.1, 0.15) is 36.5 Å². The van der Waals surface area contributed by atoms with Gasteiger partial charge in [0.05, 0.1) is 19.3 Å². The van der Waals surface area contributed by atoms with Gasteiger partial charge in [0.2, 0.25) is 0 Å². The molecule has 0 N–H and O–H groups in total. The van der Waals surface area contributed by atoms with Crippen LogP contribution in [-0.2, 0) is 9.53 Å². The number of hydrogen-bond donors (Lipinski definition) is 0. The predicted octanol–water partition coefficient (Wildman–Crippen LogP) is 4.54. The van der Waals surface area contributed by atoms with E-state index in [0.717, 1.165) is 35.4 Å². The molecule has 6 heteroatoms. The quantitative estimate of drug-likeness (QED) is 0.243. The minimum Gasteiger partial charge on any atom is -0.493 e. The molecular formula is C20H23BrO5. The molecule has 0 fully saturated rings. The Labute approximate surface area is 161 Å². The van der Waals surface area contributed by atoms with Gasteiger partial charge in [0.15, 0.2) is 12.4 Å². The van der Waals surface area contributed by atoms with Crippen molar-refractivity contribution in [1.82, 2.24) is 0 Å². The van der Waals surface area contributed by atoms with Crippen LogP contribution >= 0.6 is 15.9 Å². The van der Waals surface area contributed by atoms with Crippen LogP contribution in [0, 0.1) is 0 Å². The molecule has 2 aromatic rings. The Morgan fingerprint density at radius 3 is 2.50 bits per heavy atom. The number of methoxy groups -OCH3 is 1. The monoisotopic (exact) mass is 422 g/mol. The van der Waals surface area contributed by atoms with E-state index in [-0.39, 0.29) is 12.4 Å². The smallest absolute Gasteiger partial charge is 0.343 e. The van der Waals surface area contributed by atoms with E-state index < -0.39 is 5.97 Å². The molecule has 0 aliphatic carbocycles. The number of halogens is 1. The summed E-state index contributed by atoms with van der Waals surface area (Å²) < 4.78 is 15.9. The van der Waals surface area contributed by atoms with Gasteiger partial charge in [-0.05, 0) is 55.2 Å². The van der Waals surface area contributed by atoms with E-state index in [4.69, 9.17) is 9.47 Å². The highest BCUT2D eigenvalue weighted by atomic mass is 79.9. The number of esters is 1. The van der Waals surface area contributed by atoms with Crippen molar-refractivity contribution < 1.29 is 23.8 Å². The van der Waals surface area contributed by atoms with E-state index in [1.54, 1.807) is 12.1 Å². The summed E-state index contributed by atoms with van der Waals surface area (Å²) in [5.74, 6) is 0.544. The van der Waals surface area contributed by atoms with Crippen molar-refractivity contribution in [1.29, 1.82) is 0 Å². The van der Waals surface area contributed by atoms with Gasteiger partial charge in [0, 0.05) is 5.33 Å². The molecule has 26 heavy (non-hydrogen) atoms. The summed E-state index contributed by atoms with van der Waals surface area (Å²) in [6, 6.07) is 9.12. The van der Waals surface area contributed by atoms with Crippen LogP contribution in [0.15, 0.2) is 30.3 Å². The van der Waals surface area contributed by atoms with Gasteiger partial charge < -0.3 is 14.2 Å². The second-order valence-corrected chi connectivity index (χ2v) is 6.63. The fourth-order valence-corrected chi connectivity index (χ4v) is 3.01. The number of hydrogen-bond acceptors (Lipinski definition) is 5. The lowest BCUT2D eigenvalue weighted by Gasteiger charge is -2.13. The molecule has 2 aromatic carbocycles. The van der Waals surface area contributed by atoms with Gasteiger partial charge >= 0.3 is 5.97 Å². The first-order valence-electron chi connectivity index (χ1n) is 8.53. The molecule has 0 heterocycles. The molecule has 140 valence electrons. The van der Waals surface area contributed by atoms with Gasteiger partial charge in [-0.25, -0.2) is 4.79 Å². The first-order valence-corrected chi connectivity index (χ1v) is 9.65. The highest BCUT2D eigenvalue weighted by molar-refractivity contribution is 9.09. The van der Waals surface area contributed by atoms with Gasteiger partial charge in [0.1, 0.15) is 11.5 Å². The van der Waals surface area contributed by atoms with E-state index in [2.05, 4.69) is 20.7 Å². The lowest BCUT2D eigenvalue weighted by molar-refractivity contribution is -0.142. The van der Waals surface area contributed by atoms with Gasteiger partial charge in [0.25, 0.3) is 0 Å². The number of unbranched alkanes of at least 4 members (excludes halogenated alkanes) is 2. The third kappa shape index (κ3) is 5.46. The summed E-state index contributed by atoms with van der Waals surface area (Å²) in [7, 11) is 1.31. The van der Waals surface area contributed by atoms with Crippen LogP contribution in [0.25, 0.3) is 10.8 Å². The first kappa shape index (κ1) is 20.2. The Balaban J connectivity index is 2.25. The zero-order valence-corrected chi connectivity index (χ0v) is 16.6. The third-order valence-electron chi connectivity index (χ3n) is 3.93. The number of benzene rings is 2. The fraction of sp³-hybridized carbons (Fsp3) is 0.400. The summed E-state index contributed by atoms with van der Waals surface area (Å²) in [4.78, 5) is 23.5. The van der Waals surface area contributed by atoms with Crippen molar-refractivity contribution in [3.63, 3.8) is 0 Å². The van der Waals surface area contributed by atoms with Crippen molar-refractivity contribution in [2.75, 3.05) is 25.7 Å². The van der Waals surface area contributed by atoms with Crippen molar-refractivity contribution in [2.24, 2.45) is 0 Å². The van der Waals surface area contributed by atoms with Crippen LogP contribution in [0.2, 0.25) is 0 Å². The summed E-state index contributed by atoms with van der Waals surface area (Å²) in [5, 5.41) is 2.64. The zero-order chi connectivity index (χ0) is 18.9. The number of carbonyl (C=O) groups excluding carboxylic acids is 2. The molecule has 0 radical (unpaired) electrons. The molecule has 2 rings (SSSR count). The molecule has 0 amide bonds. The van der Waals surface area contributed by atoms with E-state index >= 15 is 0 Å². The lowest BCUT2D eigenvalue weighted by atomic mass is 10.0. The van der Waals surface area contributed by atoms with Gasteiger partial charge in [-0.2, -0.15) is 0 Å². The number of alkyl halides is 1.